The van der Waals surface area contributed by atoms with E-state index in [2.05, 4.69) is 264 Å². The van der Waals surface area contributed by atoms with Crippen LogP contribution in [0.5, 0.6) is 0 Å². The Hall–Kier alpha value is -9.44. The Bertz CT molecular complexity index is 4290. The number of hydrogen-bond donors (Lipinski definition) is 0. The predicted octanol–water partition coefficient (Wildman–Crippen LogP) is 19.1. The molecule has 0 amide bonds. The second-order valence-electron chi connectivity index (χ2n) is 18.4. The Morgan fingerprint density at radius 3 is 1.42 bits per heavy atom. The molecule has 0 spiro atoms. The number of hydrogen-bond acceptors (Lipinski definition) is 2. The van der Waals surface area contributed by atoms with Gasteiger partial charge in [-0.05, 0) is 116 Å². The summed E-state index contributed by atoms with van der Waals surface area (Å²) in [5.74, 6) is 0. The lowest BCUT2D eigenvalue weighted by atomic mass is 9.93. The van der Waals surface area contributed by atoms with Gasteiger partial charge in [0.2, 0.25) is 0 Å². The molecule has 0 radical (unpaired) electrons. The minimum Gasteiger partial charge on any atom is -0.455 e. The van der Waals surface area contributed by atoms with Crippen molar-refractivity contribution >= 4 is 82.4 Å². The summed E-state index contributed by atoms with van der Waals surface area (Å²) >= 11 is 0. The molecule has 2 heterocycles. The van der Waals surface area contributed by atoms with Crippen LogP contribution in [0.4, 0.5) is 17.1 Å². The molecule has 0 unspecified atom stereocenters. The number of anilines is 3. The van der Waals surface area contributed by atoms with E-state index in [9.17, 15) is 0 Å². The summed E-state index contributed by atoms with van der Waals surface area (Å²) in [5, 5.41) is 9.70. The Kier molecular flexibility index (Phi) is 9.53. The molecule has 0 aliphatic rings. The molecule has 0 saturated heterocycles. The van der Waals surface area contributed by atoms with Crippen molar-refractivity contribution in [2.24, 2.45) is 0 Å². The first-order valence-electron chi connectivity index (χ1n) is 24.3. The van der Waals surface area contributed by atoms with Gasteiger partial charge in [0, 0.05) is 49.7 Å². The Morgan fingerprint density at radius 2 is 0.746 bits per heavy atom. The molecule has 0 saturated carbocycles. The van der Waals surface area contributed by atoms with Crippen LogP contribution in [0.2, 0.25) is 0 Å². The predicted molar refractivity (Wildman–Crippen MR) is 299 cm³/mol. The van der Waals surface area contributed by atoms with E-state index in [0.717, 1.165) is 72.5 Å². The van der Waals surface area contributed by atoms with E-state index in [-0.39, 0.29) is 0 Å². The van der Waals surface area contributed by atoms with Crippen molar-refractivity contribution in [3.63, 3.8) is 0 Å². The highest BCUT2D eigenvalue weighted by molar-refractivity contribution is 6.12. The minimum atomic E-state index is 0.900. The first-order chi connectivity index (χ1) is 35.2. The Balaban J connectivity index is 0.874. The lowest BCUT2D eigenvalue weighted by molar-refractivity contribution is 0.670. The normalized spacial score (nSPS) is 11.7. The number of rotatable bonds is 8. The number of aromatic nitrogens is 1. The van der Waals surface area contributed by atoms with Crippen LogP contribution in [0, 0.1) is 0 Å². The summed E-state index contributed by atoms with van der Waals surface area (Å²) in [6, 6.07) is 96.7. The van der Waals surface area contributed by atoms with Gasteiger partial charge in [0.15, 0.2) is 0 Å². The van der Waals surface area contributed by atoms with E-state index in [4.69, 9.17) is 4.42 Å². The molecule has 14 rings (SSSR count). The molecule has 0 aliphatic carbocycles. The monoisotopic (exact) mass is 904 g/mol. The first kappa shape index (κ1) is 40.6. The molecule has 2 aromatic heterocycles. The summed E-state index contributed by atoms with van der Waals surface area (Å²) in [4.78, 5) is 2.38. The van der Waals surface area contributed by atoms with Gasteiger partial charge in [0.25, 0.3) is 0 Å². The summed E-state index contributed by atoms with van der Waals surface area (Å²) < 4.78 is 8.96. The molecule has 0 fully saturated rings. The zero-order chi connectivity index (χ0) is 46.8. The van der Waals surface area contributed by atoms with Crippen LogP contribution < -0.4 is 4.90 Å². The van der Waals surface area contributed by atoms with Crippen molar-refractivity contribution in [3.05, 3.63) is 267 Å². The molecule has 332 valence electrons. The van der Waals surface area contributed by atoms with Gasteiger partial charge in [0.1, 0.15) is 11.2 Å². The average Bonchev–Trinajstić information content (AvgIpc) is 4.00. The van der Waals surface area contributed by atoms with Gasteiger partial charge in [-0.2, -0.15) is 0 Å². The molecule has 3 heteroatoms. The van der Waals surface area contributed by atoms with Crippen molar-refractivity contribution in [1.29, 1.82) is 0 Å². The van der Waals surface area contributed by atoms with Gasteiger partial charge in [-0.25, -0.2) is 0 Å². The maximum Gasteiger partial charge on any atom is 0.143 e. The molecule has 0 atom stereocenters. The SMILES string of the molecule is c1ccc(-c2ccccc2-n2c3ccccc3c3ccccc32)c(-c2ccc(N(c3ccc(-c4ccccc4-c4cccc5c4oc4ccccc45)cc3)c3ccc4c(ccc5ccccc54)c3)cc2)c1. The fourth-order valence-corrected chi connectivity index (χ4v) is 11.1. The van der Waals surface area contributed by atoms with Crippen molar-refractivity contribution in [1.82, 2.24) is 4.57 Å². The zero-order valence-electron chi connectivity index (χ0n) is 38.7. The molecule has 12 aromatic carbocycles. The second-order valence-corrected chi connectivity index (χ2v) is 18.4. The number of nitrogens with zero attached hydrogens (tertiary/aromatic N) is 2. The van der Waals surface area contributed by atoms with Gasteiger partial charge >= 0.3 is 0 Å². The summed E-state index contributed by atoms with van der Waals surface area (Å²) in [5.41, 5.74) is 17.8. The van der Waals surface area contributed by atoms with E-state index in [0.29, 0.717) is 0 Å². The number of furan rings is 1. The van der Waals surface area contributed by atoms with Crippen LogP contribution in [0.1, 0.15) is 0 Å². The highest BCUT2D eigenvalue weighted by Crippen LogP contribution is 2.44. The second kappa shape index (κ2) is 16.7. The Labute approximate surface area is 411 Å². The lowest BCUT2D eigenvalue weighted by Crippen LogP contribution is -2.10. The molecule has 0 aliphatic heterocycles. The van der Waals surface area contributed by atoms with E-state index in [1.807, 2.05) is 12.1 Å². The third kappa shape index (κ3) is 6.74. The molecular weight excluding hydrogens is 861 g/mol. The quantitative estimate of drug-likeness (QED) is 0.142. The highest BCUT2D eigenvalue weighted by Gasteiger charge is 2.20. The number of benzene rings is 12. The van der Waals surface area contributed by atoms with Gasteiger partial charge in [-0.15, -0.1) is 0 Å². The van der Waals surface area contributed by atoms with Gasteiger partial charge < -0.3 is 13.9 Å². The van der Waals surface area contributed by atoms with Gasteiger partial charge in [0.05, 0.1) is 16.7 Å². The van der Waals surface area contributed by atoms with E-state index < -0.39 is 0 Å². The molecule has 3 nitrogen and oxygen atoms in total. The van der Waals surface area contributed by atoms with Gasteiger partial charge in [-0.3, -0.25) is 0 Å². The van der Waals surface area contributed by atoms with Crippen LogP contribution in [0.25, 0.3) is 115 Å². The highest BCUT2D eigenvalue weighted by atomic mass is 16.3. The summed E-state index contributed by atoms with van der Waals surface area (Å²) in [7, 11) is 0. The topological polar surface area (TPSA) is 21.3 Å². The van der Waals surface area contributed by atoms with E-state index in [1.165, 1.54) is 60.0 Å². The van der Waals surface area contributed by atoms with Crippen LogP contribution in [0.15, 0.2) is 271 Å². The van der Waals surface area contributed by atoms with Crippen LogP contribution in [0.3, 0.4) is 0 Å². The Morgan fingerprint density at radius 1 is 0.282 bits per heavy atom. The molecule has 14 aromatic rings. The zero-order valence-corrected chi connectivity index (χ0v) is 38.7. The summed E-state index contributed by atoms with van der Waals surface area (Å²) in [6.07, 6.45) is 0. The van der Waals surface area contributed by atoms with Crippen LogP contribution in [-0.4, -0.2) is 4.57 Å². The van der Waals surface area contributed by atoms with E-state index >= 15 is 0 Å². The lowest BCUT2D eigenvalue weighted by Gasteiger charge is -2.26. The third-order valence-corrected chi connectivity index (χ3v) is 14.4. The molecule has 0 bridgehead atoms. The molecule has 71 heavy (non-hydrogen) atoms. The molecular formula is C68H44N2O. The summed E-state index contributed by atoms with van der Waals surface area (Å²) in [6.45, 7) is 0. The van der Waals surface area contributed by atoms with Crippen LogP contribution in [-0.2, 0) is 0 Å². The maximum atomic E-state index is 6.54. The van der Waals surface area contributed by atoms with Crippen molar-refractivity contribution < 1.29 is 4.42 Å². The average molecular weight is 905 g/mol. The number of fused-ring (bicyclic) bond motifs is 9. The van der Waals surface area contributed by atoms with Crippen molar-refractivity contribution in [2.75, 3.05) is 4.90 Å². The van der Waals surface area contributed by atoms with Crippen LogP contribution >= 0.6 is 0 Å². The maximum absolute atomic E-state index is 6.54. The number of para-hydroxylation sites is 5. The largest absolute Gasteiger partial charge is 0.455 e. The smallest absolute Gasteiger partial charge is 0.143 e. The minimum absolute atomic E-state index is 0.900. The van der Waals surface area contributed by atoms with Gasteiger partial charge in [-0.1, -0.05) is 206 Å². The van der Waals surface area contributed by atoms with Crippen molar-refractivity contribution in [3.8, 4) is 50.2 Å². The first-order valence-corrected chi connectivity index (χ1v) is 24.3. The standard InChI is InChI=1S/C68H44N2O/c1-2-17-52-45(16-1)32-33-48-44-51(42-43-55(48)52)69(50-40-36-47(37-41-50)54-19-4-6-21-57(54)62-26-15-27-63-61-25-10-14-31-67(61)71-68(62)63)49-38-34-46(35-39-49)53-18-3-5-20-56(53)58-22-7-11-28-64(58)70-65-29-12-8-23-59(65)60-24-9-13-30-66(60)70/h1-44H. The molecule has 0 N–H and O–H groups in total. The third-order valence-electron chi connectivity index (χ3n) is 14.4. The van der Waals surface area contributed by atoms with Crippen molar-refractivity contribution in [2.45, 2.75) is 0 Å². The fourth-order valence-electron chi connectivity index (χ4n) is 11.1. The fraction of sp³-hybridized carbons (Fsp3) is 0. The van der Waals surface area contributed by atoms with E-state index in [1.54, 1.807) is 0 Å².